The molecule has 0 amide bonds. The molecule has 156 valence electrons. The van der Waals surface area contributed by atoms with Gasteiger partial charge in [0.25, 0.3) is 0 Å². The second-order valence-electron chi connectivity index (χ2n) is 8.06. The SMILES string of the molecule is c1coc(-c2ccc(-n3c(-c4cccc5c4oc4ccccc45)nc4ccccc43)cc2)c1. The second-order valence-corrected chi connectivity index (χ2v) is 8.06. The number of benzene rings is 4. The lowest BCUT2D eigenvalue weighted by molar-refractivity contribution is 0.582. The lowest BCUT2D eigenvalue weighted by Gasteiger charge is -2.10. The fraction of sp³-hybridized carbons (Fsp3) is 0. The van der Waals surface area contributed by atoms with Gasteiger partial charge in [-0.05, 0) is 60.7 Å². The van der Waals surface area contributed by atoms with E-state index in [2.05, 4.69) is 59.2 Å². The van der Waals surface area contributed by atoms with Crippen molar-refractivity contribution in [3.63, 3.8) is 0 Å². The largest absolute Gasteiger partial charge is 0.464 e. The van der Waals surface area contributed by atoms with E-state index in [9.17, 15) is 0 Å². The van der Waals surface area contributed by atoms with Crippen molar-refractivity contribution in [2.24, 2.45) is 0 Å². The van der Waals surface area contributed by atoms with Crippen molar-refractivity contribution in [2.75, 3.05) is 0 Å². The van der Waals surface area contributed by atoms with Crippen LogP contribution in [0, 0.1) is 0 Å². The smallest absolute Gasteiger partial charge is 0.149 e. The van der Waals surface area contributed by atoms with Crippen LogP contribution in [0.25, 0.3) is 61.4 Å². The molecule has 0 saturated carbocycles. The fourth-order valence-electron chi connectivity index (χ4n) is 4.61. The highest BCUT2D eigenvalue weighted by Gasteiger charge is 2.19. The van der Waals surface area contributed by atoms with Gasteiger partial charge < -0.3 is 8.83 Å². The van der Waals surface area contributed by atoms with Crippen molar-refractivity contribution in [3.05, 3.63) is 109 Å². The molecular formula is C29H18N2O2. The molecule has 0 saturated heterocycles. The topological polar surface area (TPSA) is 44.1 Å². The summed E-state index contributed by atoms with van der Waals surface area (Å²) < 4.78 is 14.1. The molecule has 0 bridgehead atoms. The zero-order valence-electron chi connectivity index (χ0n) is 17.6. The molecule has 0 fully saturated rings. The first-order valence-electron chi connectivity index (χ1n) is 10.9. The van der Waals surface area contributed by atoms with E-state index in [1.54, 1.807) is 6.26 Å². The van der Waals surface area contributed by atoms with Crippen LogP contribution in [0.4, 0.5) is 0 Å². The maximum Gasteiger partial charge on any atom is 0.149 e. The third-order valence-electron chi connectivity index (χ3n) is 6.14. The Morgan fingerprint density at radius 1 is 0.667 bits per heavy atom. The van der Waals surface area contributed by atoms with E-state index in [4.69, 9.17) is 13.8 Å². The molecule has 0 radical (unpaired) electrons. The number of hydrogen-bond donors (Lipinski definition) is 0. The van der Waals surface area contributed by atoms with E-state index in [0.29, 0.717) is 0 Å². The number of rotatable bonds is 3. The first kappa shape index (κ1) is 18.0. The summed E-state index contributed by atoms with van der Waals surface area (Å²) in [6, 6.07) is 34.9. The van der Waals surface area contributed by atoms with E-state index in [-0.39, 0.29) is 0 Å². The Morgan fingerprint density at radius 2 is 1.48 bits per heavy atom. The van der Waals surface area contributed by atoms with Gasteiger partial charge in [-0.2, -0.15) is 0 Å². The lowest BCUT2D eigenvalue weighted by atomic mass is 10.1. The molecule has 0 N–H and O–H groups in total. The van der Waals surface area contributed by atoms with Crippen molar-refractivity contribution in [3.8, 4) is 28.4 Å². The number of imidazole rings is 1. The van der Waals surface area contributed by atoms with E-state index >= 15 is 0 Å². The Hall–Kier alpha value is -4.57. The molecule has 3 heterocycles. The molecule has 0 aliphatic rings. The van der Waals surface area contributed by atoms with Gasteiger partial charge in [-0.25, -0.2) is 4.98 Å². The zero-order chi connectivity index (χ0) is 21.8. The van der Waals surface area contributed by atoms with Crippen molar-refractivity contribution < 1.29 is 8.83 Å². The summed E-state index contributed by atoms with van der Waals surface area (Å²) in [5, 5.41) is 2.20. The number of fused-ring (bicyclic) bond motifs is 4. The normalized spacial score (nSPS) is 11.6. The third kappa shape index (κ3) is 2.74. The lowest BCUT2D eigenvalue weighted by Crippen LogP contribution is -1.97. The predicted molar refractivity (Wildman–Crippen MR) is 131 cm³/mol. The molecule has 0 unspecified atom stereocenters. The minimum absolute atomic E-state index is 0.850. The predicted octanol–water partition coefficient (Wildman–Crippen LogP) is 7.85. The number of hydrogen-bond acceptors (Lipinski definition) is 3. The Kier molecular flexibility index (Phi) is 3.81. The molecule has 0 spiro atoms. The molecule has 0 atom stereocenters. The minimum Gasteiger partial charge on any atom is -0.464 e. The summed E-state index contributed by atoms with van der Waals surface area (Å²) in [6.07, 6.45) is 1.69. The van der Waals surface area contributed by atoms with Crippen LogP contribution < -0.4 is 0 Å². The monoisotopic (exact) mass is 426 g/mol. The van der Waals surface area contributed by atoms with E-state index < -0.39 is 0 Å². The van der Waals surface area contributed by atoms with Crippen molar-refractivity contribution in [2.45, 2.75) is 0 Å². The van der Waals surface area contributed by atoms with Gasteiger partial charge in [0.1, 0.15) is 22.8 Å². The van der Waals surface area contributed by atoms with Gasteiger partial charge in [0.2, 0.25) is 0 Å². The highest BCUT2D eigenvalue weighted by Crippen LogP contribution is 2.37. The van der Waals surface area contributed by atoms with Gasteiger partial charge in [-0.3, -0.25) is 4.57 Å². The van der Waals surface area contributed by atoms with Crippen LogP contribution in [0.3, 0.4) is 0 Å². The van der Waals surface area contributed by atoms with Crippen LogP contribution in [0.2, 0.25) is 0 Å². The summed E-state index contributed by atoms with van der Waals surface area (Å²) in [5.41, 5.74) is 6.75. The Morgan fingerprint density at radius 3 is 2.36 bits per heavy atom. The molecule has 4 aromatic carbocycles. The minimum atomic E-state index is 0.850. The van der Waals surface area contributed by atoms with Gasteiger partial charge in [0.15, 0.2) is 0 Å². The first-order valence-corrected chi connectivity index (χ1v) is 10.9. The molecule has 0 aliphatic carbocycles. The molecule has 4 nitrogen and oxygen atoms in total. The second kappa shape index (κ2) is 6.97. The third-order valence-corrected chi connectivity index (χ3v) is 6.14. The number of furan rings is 2. The van der Waals surface area contributed by atoms with Gasteiger partial charge in [-0.1, -0.05) is 42.5 Å². The van der Waals surface area contributed by atoms with Crippen LogP contribution in [0.15, 0.2) is 118 Å². The van der Waals surface area contributed by atoms with Gasteiger partial charge in [0, 0.05) is 22.0 Å². The highest BCUT2D eigenvalue weighted by molar-refractivity contribution is 6.09. The average molecular weight is 426 g/mol. The quantitative estimate of drug-likeness (QED) is 0.289. The van der Waals surface area contributed by atoms with Crippen LogP contribution in [0.1, 0.15) is 0 Å². The van der Waals surface area contributed by atoms with Crippen molar-refractivity contribution in [1.82, 2.24) is 9.55 Å². The van der Waals surface area contributed by atoms with Crippen LogP contribution in [0.5, 0.6) is 0 Å². The van der Waals surface area contributed by atoms with Gasteiger partial charge in [-0.15, -0.1) is 0 Å². The maximum atomic E-state index is 6.33. The van der Waals surface area contributed by atoms with Crippen molar-refractivity contribution >= 4 is 33.0 Å². The standard InChI is InChI=1S/C29H18N2O2/c1-4-12-27-21(7-1)22-8-5-9-23(28(22)33-27)29-30-24-10-2-3-11-25(24)31(29)20-16-14-19(15-17-20)26-13-6-18-32-26/h1-18H. The van der Waals surface area contributed by atoms with Gasteiger partial charge >= 0.3 is 0 Å². The van der Waals surface area contributed by atoms with E-state index in [0.717, 1.165) is 61.4 Å². The molecule has 3 aromatic heterocycles. The van der Waals surface area contributed by atoms with Crippen LogP contribution in [-0.4, -0.2) is 9.55 Å². The van der Waals surface area contributed by atoms with E-state index in [1.165, 1.54) is 0 Å². The molecule has 33 heavy (non-hydrogen) atoms. The fourth-order valence-corrected chi connectivity index (χ4v) is 4.61. The Labute approximate surface area is 189 Å². The summed E-state index contributed by atoms with van der Waals surface area (Å²) >= 11 is 0. The molecule has 7 aromatic rings. The first-order chi connectivity index (χ1) is 16.4. The molecule has 7 rings (SSSR count). The van der Waals surface area contributed by atoms with Crippen LogP contribution in [-0.2, 0) is 0 Å². The number of nitrogens with zero attached hydrogens (tertiary/aromatic N) is 2. The zero-order valence-corrected chi connectivity index (χ0v) is 17.6. The molecule has 4 heteroatoms. The Bertz CT molecular complexity index is 1750. The Balaban J connectivity index is 1.49. The van der Waals surface area contributed by atoms with E-state index in [1.807, 2.05) is 48.5 Å². The summed E-state index contributed by atoms with van der Waals surface area (Å²) in [7, 11) is 0. The number of aromatic nitrogens is 2. The average Bonchev–Trinajstić information content (AvgIpc) is 3.61. The highest BCUT2D eigenvalue weighted by atomic mass is 16.3. The summed E-state index contributed by atoms with van der Waals surface area (Å²) in [4.78, 5) is 5.04. The summed E-state index contributed by atoms with van der Waals surface area (Å²) in [6.45, 7) is 0. The van der Waals surface area contributed by atoms with Crippen LogP contribution >= 0.6 is 0 Å². The summed E-state index contributed by atoms with van der Waals surface area (Å²) in [5.74, 6) is 1.70. The van der Waals surface area contributed by atoms with Gasteiger partial charge in [0.05, 0.1) is 22.9 Å². The van der Waals surface area contributed by atoms with Crippen molar-refractivity contribution in [1.29, 1.82) is 0 Å². The number of para-hydroxylation sites is 4. The molecular weight excluding hydrogens is 408 g/mol. The molecule has 0 aliphatic heterocycles. The maximum absolute atomic E-state index is 6.33.